The molecule has 0 bridgehead atoms. The first-order chi connectivity index (χ1) is 22.9. The first-order valence-electron chi connectivity index (χ1n) is 15.9. The van der Waals surface area contributed by atoms with Crippen molar-refractivity contribution in [3.05, 3.63) is 143 Å². The van der Waals surface area contributed by atoms with Crippen molar-refractivity contribution in [3.63, 3.8) is 0 Å². The van der Waals surface area contributed by atoms with Crippen molar-refractivity contribution in [2.75, 3.05) is 13.6 Å². The Morgan fingerprint density at radius 1 is 0.894 bits per heavy atom. The predicted octanol–water partition coefficient (Wildman–Crippen LogP) is 5.65. The number of para-hydroxylation sites is 2. The number of fused-ring (bicyclic) bond motifs is 1. The number of rotatable bonds is 11. The molecule has 3 N–H and O–H groups in total. The molecule has 1 aromatic heterocycles. The Kier molecular flexibility index (Phi) is 10.3. The number of benzene rings is 4. The SMILES string of the molecule is C[C@@H]([C@H](O)c1ccccc1)N(C)C[C@@H]1C[C@H](c2ccc(CO)cc2)O[C@H](c2ccc(CNC(=O)c3cnc4ccccc4n3)cc2)O1. The zero-order valence-corrected chi connectivity index (χ0v) is 26.6. The van der Waals surface area contributed by atoms with E-state index >= 15 is 0 Å². The number of amides is 1. The Balaban J connectivity index is 1.13. The Morgan fingerprint density at radius 3 is 2.28 bits per heavy atom. The highest BCUT2D eigenvalue weighted by atomic mass is 16.7. The second-order valence-corrected chi connectivity index (χ2v) is 12.1. The van der Waals surface area contributed by atoms with E-state index in [9.17, 15) is 15.0 Å². The molecule has 2 heterocycles. The summed E-state index contributed by atoms with van der Waals surface area (Å²) >= 11 is 0. The van der Waals surface area contributed by atoms with Gasteiger partial charge < -0.3 is 25.0 Å². The summed E-state index contributed by atoms with van der Waals surface area (Å²) in [5, 5.41) is 23.5. The lowest BCUT2D eigenvalue weighted by molar-refractivity contribution is -0.253. The van der Waals surface area contributed by atoms with Gasteiger partial charge in [0.1, 0.15) is 5.69 Å². The van der Waals surface area contributed by atoms with Gasteiger partial charge in [0, 0.05) is 31.1 Å². The maximum atomic E-state index is 12.8. The molecule has 47 heavy (non-hydrogen) atoms. The molecule has 5 aromatic rings. The van der Waals surface area contributed by atoms with Crippen molar-refractivity contribution in [1.29, 1.82) is 0 Å². The third-order valence-electron chi connectivity index (χ3n) is 8.79. The number of nitrogens with zero attached hydrogens (tertiary/aromatic N) is 3. The molecule has 0 unspecified atom stereocenters. The van der Waals surface area contributed by atoms with Crippen molar-refractivity contribution in [3.8, 4) is 0 Å². The maximum Gasteiger partial charge on any atom is 0.271 e. The summed E-state index contributed by atoms with van der Waals surface area (Å²) in [6.07, 6.45) is 0.471. The van der Waals surface area contributed by atoms with E-state index in [-0.39, 0.29) is 36.5 Å². The van der Waals surface area contributed by atoms with E-state index in [0.717, 1.165) is 33.3 Å². The van der Waals surface area contributed by atoms with E-state index in [4.69, 9.17) is 9.47 Å². The van der Waals surface area contributed by atoms with Crippen molar-refractivity contribution in [2.45, 2.75) is 57.1 Å². The number of nitrogens with one attached hydrogen (secondary N) is 1. The number of aliphatic hydroxyl groups is 2. The van der Waals surface area contributed by atoms with Gasteiger partial charge >= 0.3 is 0 Å². The number of aromatic nitrogens is 2. The van der Waals surface area contributed by atoms with Crippen LogP contribution in [0.2, 0.25) is 0 Å². The normalized spacial score (nSPS) is 19.4. The predicted molar refractivity (Wildman–Crippen MR) is 179 cm³/mol. The molecule has 1 aliphatic heterocycles. The minimum atomic E-state index is -0.639. The molecule has 0 spiro atoms. The molecular formula is C38H40N4O5. The Bertz CT molecular complexity index is 1770. The van der Waals surface area contributed by atoms with Gasteiger partial charge in [-0.1, -0.05) is 91.0 Å². The van der Waals surface area contributed by atoms with E-state index in [2.05, 4.69) is 20.2 Å². The van der Waals surface area contributed by atoms with Crippen LogP contribution in [0, 0.1) is 0 Å². The zero-order chi connectivity index (χ0) is 32.8. The van der Waals surface area contributed by atoms with Gasteiger partial charge in [-0.2, -0.15) is 0 Å². The molecule has 242 valence electrons. The largest absolute Gasteiger partial charge is 0.392 e. The maximum absolute atomic E-state index is 12.8. The van der Waals surface area contributed by atoms with E-state index < -0.39 is 12.4 Å². The van der Waals surface area contributed by atoms with Crippen LogP contribution >= 0.6 is 0 Å². The number of hydrogen-bond acceptors (Lipinski definition) is 8. The molecule has 1 fully saturated rings. The molecule has 0 saturated carbocycles. The average molecular weight is 633 g/mol. The van der Waals surface area contributed by atoms with Crippen LogP contribution in [0.25, 0.3) is 11.0 Å². The lowest BCUT2D eigenvalue weighted by Gasteiger charge is -2.39. The summed E-state index contributed by atoms with van der Waals surface area (Å²) < 4.78 is 13.1. The number of ether oxygens (including phenoxy) is 2. The molecule has 0 radical (unpaired) electrons. The molecular weight excluding hydrogens is 592 g/mol. The van der Waals surface area contributed by atoms with E-state index in [1.54, 1.807) is 0 Å². The summed E-state index contributed by atoms with van der Waals surface area (Å²) in [4.78, 5) is 23.7. The van der Waals surface area contributed by atoms with Crippen molar-refractivity contribution in [2.24, 2.45) is 0 Å². The van der Waals surface area contributed by atoms with Crippen LogP contribution in [-0.2, 0) is 22.6 Å². The monoisotopic (exact) mass is 632 g/mol. The van der Waals surface area contributed by atoms with Crippen LogP contribution < -0.4 is 5.32 Å². The summed E-state index contributed by atoms with van der Waals surface area (Å²) in [5.74, 6) is -0.292. The van der Waals surface area contributed by atoms with Gasteiger partial charge in [-0.05, 0) is 48.4 Å². The number of carbonyl (C=O) groups is 1. The van der Waals surface area contributed by atoms with Crippen molar-refractivity contribution in [1.82, 2.24) is 20.2 Å². The van der Waals surface area contributed by atoms with Gasteiger partial charge in [-0.25, -0.2) is 4.98 Å². The Hall–Kier alpha value is -4.51. The van der Waals surface area contributed by atoms with Crippen LogP contribution in [0.1, 0.15) is 70.1 Å². The van der Waals surface area contributed by atoms with E-state index in [1.165, 1.54) is 6.20 Å². The summed E-state index contributed by atoms with van der Waals surface area (Å²) in [5.41, 5.74) is 6.19. The lowest BCUT2D eigenvalue weighted by atomic mass is 9.98. The molecule has 1 saturated heterocycles. The highest BCUT2D eigenvalue weighted by molar-refractivity contribution is 5.93. The first kappa shape index (κ1) is 32.4. The summed E-state index contributed by atoms with van der Waals surface area (Å²) in [6.45, 7) is 2.92. The van der Waals surface area contributed by atoms with Crippen LogP contribution in [0.3, 0.4) is 0 Å². The smallest absolute Gasteiger partial charge is 0.271 e. The standard InChI is InChI=1S/C38H40N4O5/c1-25(36(44)29-8-4-3-5-9-29)42(2)23-31-20-35(28-16-14-27(24-43)15-17-28)47-38(46-31)30-18-12-26(13-19-30)21-40-37(45)34-22-39-32-10-6-7-11-33(32)41-34/h3-19,22,25,31,35-36,38,43-44H,20-21,23-24H2,1-2H3,(H,40,45)/t25-,31-,35+,36-,38+/m0/s1. The van der Waals surface area contributed by atoms with Crippen LogP contribution in [0.4, 0.5) is 0 Å². The third-order valence-corrected chi connectivity index (χ3v) is 8.79. The van der Waals surface area contributed by atoms with Crippen LogP contribution in [0.15, 0.2) is 109 Å². The second-order valence-electron chi connectivity index (χ2n) is 12.1. The van der Waals surface area contributed by atoms with Gasteiger partial charge in [-0.15, -0.1) is 0 Å². The Labute approximate surface area is 274 Å². The lowest BCUT2D eigenvalue weighted by Crippen LogP contribution is -2.43. The second kappa shape index (κ2) is 14.9. The third kappa shape index (κ3) is 7.90. The quantitative estimate of drug-likeness (QED) is 0.171. The highest BCUT2D eigenvalue weighted by Gasteiger charge is 2.34. The topological polar surface area (TPSA) is 117 Å². The average Bonchev–Trinajstić information content (AvgIpc) is 3.13. The molecule has 1 aliphatic rings. The summed E-state index contributed by atoms with van der Waals surface area (Å²) in [6, 6.07) is 32.6. The van der Waals surface area contributed by atoms with E-state index in [0.29, 0.717) is 25.0 Å². The number of aliphatic hydroxyl groups excluding tert-OH is 2. The number of likely N-dealkylation sites (N-methyl/N-ethyl adjacent to an activating group) is 1. The molecule has 0 aliphatic carbocycles. The minimum Gasteiger partial charge on any atom is -0.392 e. The van der Waals surface area contributed by atoms with Crippen LogP contribution in [0.5, 0.6) is 0 Å². The number of hydrogen-bond donors (Lipinski definition) is 3. The van der Waals surface area contributed by atoms with Crippen molar-refractivity contribution >= 4 is 16.9 Å². The minimum absolute atomic E-state index is 0.0188. The van der Waals surface area contributed by atoms with Gasteiger partial charge in [-0.3, -0.25) is 14.7 Å². The zero-order valence-electron chi connectivity index (χ0n) is 26.6. The molecule has 5 atom stereocenters. The van der Waals surface area contributed by atoms with Gasteiger partial charge in [0.05, 0.1) is 42.1 Å². The fourth-order valence-corrected chi connectivity index (χ4v) is 5.82. The molecule has 6 rings (SSSR count). The highest BCUT2D eigenvalue weighted by Crippen LogP contribution is 2.38. The van der Waals surface area contributed by atoms with Crippen molar-refractivity contribution < 1.29 is 24.5 Å². The van der Waals surface area contributed by atoms with Crippen LogP contribution in [-0.4, -0.2) is 56.7 Å². The summed E-state index contributed by atoms with van der Waals surface area (Å²) in [7, 11) is 2.00. The molecule has 9 heteroatoms. The molecule has 4 aromatic carbocycles. The van der Waals surface area contributed by atoms with E-state index in [1.807, 2.05) is 117 Å². The molecule has 9 nitrogen and oxygen atoms in total. The number of carbonyl (C=O) groups excluding carboxylic acids is 1. The van der Waals surface area contributed by atoms with Gasteiger partial charge in [0.15, 0.2) is 6.29 Å². The Morgan fingerprint density at radius 2 is 1.55 bits per heavy atom. The fraction of sp³-hybridized carbons (Fsp3) is 0.289. The van der Waals surface area contributed by atoms with Gasteiger partial charge in [0.25, 0.3) is 5.91 Å². The fourth-order valence-electron chi connectivity index (χ4n) is 5.82. The van der Waals surface area contributed by atoms with Gasteiger partial charge in [0.2, 0.25) is 0 Å². The first-order valence-corrected chi connectivity index (χ1v) is 15.9. The molecule has 1 amide bonds.